The van der Waals surface area contributed by atoms with Crippen molar-refractivity contribution in [3.05, 3.63) is 57.5 Å². The molecule has 0 aliphatic carbocycles. The summed E-state index contributed by atoms with van der Waals surface area (Å²) in [7, 11) is 0. The minimum Gasteiger partial charge on any atom is -0.508 e. The summed E-state index contributed by atoms with van der Waals surface area (Å²) < 4.78 is 11.7. The van der Waals surface area contributed by atoms with E-state index in [0.717, 1.165) is 30.4 Å². The smallest absolute Gasteiger partial charge is 0.343 e. The van der Waals surface area contributed by atoms with Crippen molar-refractivity contribution in [3.63, 3.8) is 0 Å². The van der Waals surface area contributed by atoms with Gasteiger partial charge in [0.1, 0.15) is 22.7 Å². The molecule has 0 radical (unpaired) electrons. The zero-order valence-corrected chi connectivity index (χ0v) is 17.7. The summed E-state index contributed by atoms with van der Waals surface area (Å²) in [6, 6.07) is 4.70. The Morgan fingerprint density at radius 3 is 2.66 bits per heavy atom. The standard InChI is InChI=1S/C24H28O5/c1-14(2)11-18(26)12-15(3)7-6-10-24(5)16(4)21-22(29-24)19-9-8-17(25)13-20(19)28-23(21)27/h8-9,11-13,16,25H,6-7,10H2,1-5H3/b15-12-/t16-,24-/m1/s1. The summed E-state index contributed by atoms with van der Waals surface area (Å²) >= 11 is 0. The van der Waals surface area contributed by atoms with Crippen LogP contribution in [0.2, 0.25) is 0 Å². The van der Waals surface area contributed by atoms with E-state index in [1.807, 2.05) is 34.6 Å². The highest BCUT2D eigenvalue weighted by molar-refractivity contribution is 6.00. The van der Waals surface area contributed by atoms with Gasteiger partial charge in [0, 0.05) is 12.0 Å². The van der Waals surface area contributed by atoms with Crippen LogP contribution in [-0.4, -0.2) is 16.5 Å². The van der Waals surface area contributed by atoms with Gasteiger partial charge in [-0.25, -0.2) is 4.79 Å². The van der Waals surface area contributed by atoms with Crippen molar-refractivity contribution in [3.8, 4) is 11.5 Å². The zero-order valence-electron chi connectivity index (χ0n) is 17.7. The number of hydrogen-bond acceptors (Lipinski definition) is 5. The molecule has 1 aliphatic rings. The largest absolute Gasteiger partial charge is 0.508 e. The first-order valence-electron chi connectivity index (χ1n) is 9.95. The summed E-state index contributed by atoms with van der Waals surface area (Å²) in [5.74, 6) is 0.485. The molecule has 5 nitrogen and oxygen atoms in total. The van der Waals surface area contributed by atoms with Crippen LogP contribution in [0.1, 0.15) is 65.4 Å². The van der Waals surface area contributed by atoms with Gasteiger partial charge in [-0.05, 0) is 71.2 Å². The van der Waals surface area contributed by atoms with Crippen LogP contribution in [0.15, 0.2) is 50.7 Å². The second kappa shape index (κ2) is 7.90. The van der Waals surface area contributed by atoms with E-state index >= 15 is 0 Å². The number of hydrogen-bond donors (Lipinski definition) is 1. The van der Waals surface area contributed by atoms with E-state index < -0.39 is 11.2 Å². The molecule has 5 heteroatoms. The van der Waals surface area contributed by atoms with E-state index in [1.165, 1.54) is 6.07 Å². The number of benzene rings is 1. The molecule has 0 fully saturated rings. The first-order valence-corrected chi connectivity index (χ1v) is 9.95. The van der Waals surface area contributed by atoms with Gasteiger partial charge >= 0.3 is 5.63 Å². The molecular formula is C24H28O5. The first-order chi connectivity index (χ1) is 13.6. The highest BCUT2D eigenvalue weighted by atomic mass is 16.5. The van der Waals surface area contributed by atoms with Crippen LogP contribution in [0.4, 0.5) is 0 Å². The lowest BCUT2D eigenvalue weighted by Gasteiger charge is -2.28. The number of rotatable bonds is 6. The average molecular weight is 396 g/mol. The third kappa shape index (κ3) is 4.29. The molecule has 1 aliphatic heterocycles. The molecule has 0 saturated heterocycles. The Morgan fingerprint density at radius 2 is 1.97 bits per heavy atom. The lowest BCUT2D eigenvalue weighted by Crippen LogP contribution is -2.33. The second-order valence-corrected chi connectivity index (χ2v) is 8.42. The van der Waals surface area contributed by atoms with Gasteiger partial charge in [-0.2, -0.15) is 0 Å². The second-order valence-electron chi connectivity index (χ2n) is 8.42. The third-order valence-corrected chi connectivity index (χ3v) is 5.63. The van der Waals surface area contributed by atoms with Crippen molar-refractivity contribution in [2.24, 2.45) is 0 Å². The lowest BCUT2D eigenvalue weighted by atomic mass is 9.83. The highest BCUT2D eigenvalue weighted by Crippen LogP contribution is 2.48. The molecule has 3 rings (SSSR count). The predicted molar refractivity (Wildman–Crippen MR) is 114 cm³/mol. The van der Waals surface area contributed by atoms with Gasteiger partial charge in [-0.3, -0.25) is 4.79 Å². The molecule has 0 saturated carbocycles. The van der Waals surface area contributed by atoms with Gasteiger partial charge in [-0.1, -0.05) is 18.1 Å². The minimum atomic E-state index is -0.534. The van der Waals surface area contributed by atoms with E-state index in [2.05, 4.69) is 0 Å². The lowest BCUT2D eigenvalue weighted by molar-refractivity contribution is -0.110. The Bertz CT molecular complexity index is 1070. The Hall–Kier alpha value is -2.82. The van der Waals surface area contributed by atoms with E-state index in [0.29, 0.717) is 22.3 Å². The third-order valence-electron chi connectivity index (χ3n) is 5.63. The summed E-state index contributed by atoms with van der Waals surface area (Å²) in [5, 5.41) is 10.4. The van der Waals surface area contributed by atoms with Gasteiger partial charge in [0.05, 0.1) is 10.9 Å². The monoisotopic (exact) mass is 396 g/mol. The SMILES string of the molecule is CC(C)=CC(=O)/C=C(/C)CCC[C@@]1(C)Oc2c(c(=O)oc3cc(O)ccc23)[C@H]1C. The fraction of sp³-hybridized carbons (Fsp3) is 0.417. The van der Waals surface area contributed by atoms with E-state index in [4.69, 9.17) is 9.15 Å². The summed E-state index contributed by atoms with van der Waals surface area (Å²) in [5.41, 5.74) is 1.93. The minimum absolute atomic E-state index is 0.0129. The number of fused-ring (bicyclic) bond motifs is 3. The molecule has 2 heterocycles. The van der Waals surface area contributed by atoms with Crippen molar-refractivity contribution >= 4 is 16.8 Å². The fourth-order valence-electron chi connectivity index (χ4n) is 3.91. The van der Waals surface area contributed by atoms with Crippen LogP contribution >= 0.6 is 0 Å². The number of ketones is 1. The number of phenolic OH excluding ortho intramolecular Hbond substituents is 1. The first kappa shape index (κ1) is 20.9. The summed E-state index contributed by atoms with van der Waals surface area (Å²) in [4.78, 5) is 24.4. The van der Waals surface area contributed by atoms with E-state index in [1.54, 1.807) is 24.3 Å². The van der Waals surface area contributed by atoms with Crippen molar-refractivity contribution in [1.82, 2.24) is 0 Å². The normalized spacial score (nSPS) is 21.0. The molecule has 1 aromatic heterocycles. The van der Waals surface area contributed by atoms with Gasteiger partial charge in [0.15, 0.2) is 5.78 Å². The molecular weight excluding hydrogens is 368 g/mol. The molecule has 0 spiro atoms. The van der Waals surface area contributed by atoms with Crippen molar-refractivity contribution in [1.29, 1.82) is 0 Å². The van der Waals surface area contributed by atoms with Crippen molar-refractivity contribution in [2.75, 3.05) is 0 Å². The summed E-state index contributed by atoms with van der Waals surface area (Å²) in [6.07, 6.45) is 5.67. The van der Waals surface area contributed by atoms with Gasteiger partial charge in [0.2, 0.25) is 0 Å². The molecule has 0 unspecified atom stereocenters. The van der Waals surface area contributed by atoms with Crippen LogP contribution < -0.4 is 10.4 Å². The number of allylic oxidation sites excluding steroid dienone is 4. The van der Waals surface area contributed by atoms with Crippen LogP contribution in [0, 0.1) is 0 Å². The number of aromatic hydroxyl groups is 1. The Labute approximate surface area is 170 Å². The number of phenols is 1. The van der Waals surface area contributed by atoms with Crippen molar-refractivity contribution < 1.29 is 19.1 Å². The maximum atomic E-state index is 12.5. The Morgan fingerprint density at radius 1 is 1.24 bits per heavy atom. The van der Waals surface area contributed by atoms with Crippen molar-refractivity contribution in [2.45, 2.75) is 65.4 Å². The number of ether oxygens (including phenoxy) is 1. The number of carbonyl (C=O) groups is 1. The molecule has 2 atom stereocenters. The van der Waals surface area contributed by atoms with Crippen LogP contribution in [-0.2, 0) is 4.79 Å². The molecule has 1 aromatic carbocycles. The van der Waals surface area contributed by atoms with E-state index in [-0.39, 0.29) is 17.5 Å². The zero-order chi connectivity index (χ0) is 21.3. The van der Waals surface area contributed by atoms with Gasteiger partial charge < -0.3 is 14.3 Å². The maximum Gasteiger partial charge on any atom is 0.343 e. The molecule has 154 valence electrons. The average Bonchev–Trinajstić information content (AvgIpc) is 2.86. The molecule has 0 bridgehead atoms. The molecule has 0 amide bonds. The summed E-state index contributed by atoms with van der Waals surface area (Å²) in [6.45, 7) is 9.76. The van der Waals surface area contributed by atoms with E-state index in [9.17, 15) is 14.7 Å². The maximum absolute atomic E-state index is 12.5. The van der Waals surface area contributed by atoms with Crippen LogP contribution in [0.25, 0.3) is 11.0 Å². The molecule has 29 heavy (non-hydrogen) atoms. The molecule has 1 N–H and O–H groups in total. The molecule has 2 aromatic rings. The quantitative estimate of drug-likeness (QED) is 0.522. The fourth-order valence-corrected chi connectivity index (χ4v) is 3.91. The Balaban J connectivity index is 1.77. The highest BCUT2D eigenvalue weighted by Gasteiger charge is 2.44. The van der Waals surface area contributed by atoms with Gasteiger partial charge in [0.25, 0.3) is 0 Å². The number of carbonyl (C=O) groups excluding carboxylic acids is 1. The van der Waals surface area contributed by atoms with Crippen LogP contribution in [0.3, 0.4) is 0 Å². The van der Waals surface area contributed by atoms with Gasteiger partial charge in [-0.15, -0.1) is 0 Å². The van der Waals surface area contributed by atoms with Crippen LogP contribution in [0.5, 0.6) is 11.5 Å². The predicted octanol–water partition coefficient (Wildman–Crippen LogP) is 5.41. The topological polar surface area (TPSA) is 76.7 Å². The Kier molecular flexibility index (Phi) is 5.69.